The van der Waals surface area contributed by atoms with Gasteiger partial charge in [0.25, 0.3) is 0 Å². The second kappa shape index (κ2) is 7.14. The van der Waals surface area contributed by atoms with Crippen LogP contribution in [-0.2, 0) is 11.2 Å². The molecule has 1 aromatic carbocycles. The molecular weight excluding hydrogens is 218 g/mol. The zero-order valence-corrected chi connectivity index (χ0v) is 11.0. The Labute approximate surface area is 103 Å². The normalized spacial score (nSPS) is 10.6. The standard InChI is InChI=1S/C13H21NO3/c1-14(10-15-2)8-7-11-5-6-12(16-3)13(9-11)17-4/h5-6,9H,7-8,10H2,1-4H3. The average Bonchev–Trinajstić information content (AvgIpc) is 2.36. The predicted molar refractivity (Wildman–Crippen MR) is 67.8 cm³/mol. The Morgan fingerprint density at radius 2 is 1.76 bits per heavy atom. The molecule has 0 aliphatic carbocycles. The lowest BCUT2D eigenvalue weighted by molar-refractivity contribution is 0.0827. The highest BCUT2D eigenvalue weighted by atomic mass is 16.5. The van der Waals surface area contributed by atoms with Gasteiger partial charge in [-0.3, -0.25) is 4.90 Å². The van der Waals surface area contributed by atoms with Gasteiger partial charge in [0.2, 0.25) is 0 Å². The van der Waals surface area contributed by atoms with Crippen molar-refractivity contribution in [3.05, 3.63) is 23.8 Å². The second-order valence-electron chi connectivity index (χ2n) is 3.94. The Bertz CT molecular complexity index is 341. The van der Waals surface area contributed by atoms with E-state index in [1.54, 1.807) is 21.3 Å². The highest BCUT2D eigenvalue weighted by molar-refractivity contribution is 5.42. The van der Waals surface area contributed by atoms with Crippen LogP contribution < -0.4 is 9.47 Å². The predicted octanol–water partition coefficient (Wildman–Crippen LogP) is 1.78. The van der Waals surface area contributed by atoms with E-state index in [2.05, 4.69) is 11.0 Å². The molecule has 0 spiro atoms. The topological polar surface area (TPSA) is 30.9 Å². The van der Waals surface area contributed by atoms with Crippen molar-refractivity contribution >= 4 is 0 Å². The van der Waals surface area contributed by atoms with Crippen LogP contribution in [-0.4, -0.2) is 46.6 Å². The number of nitrogens with zero attached hydrogens (tertiary/aromatic N) is 1. The molecule has 0 aliphatic rings. The first-order valence-corrected chi connectivity index (χ1v) is 5.59. The van der Waals surface area contributed by atoms with Gasteiger partial charge in [0.1, 0.15) is 0 Å². The smallest absolute Gasteiger partial charge is 0.160 e. The zero-order valence-electron chi connectivity index (χ0n) is 11.0. The highest BCUT2D eigenvalue weighted by Gasteiger charge is 2.05. The molecule has 0 aliphatic heterocycles. The van der Waals surface area contributed by atoms with Crippen molar-refractivity contribution in [2.45, 2.75) is 6.42 Å². The molecule has 0 N–H and O–H groups in total. The summed E-state index contributed by atoms with van der Waals surface area (Å²) >= 11 is 0. The highest BCUT2D eigenvalue weighted by Crippen LogP contribution is 2.27. The number of hydrogen-bond acceptors (Lipinski definition) is 4. The van der Waals surface area contributed by atoms with Crippen LogP contribution >= 0.6 is 0 Å². The summed E-state index contributed by atoms with van der Waals surface area (Å²) in [5, 5.41) is 0. The largest absolute Gasteiger partial charge is 0.493 e. The van der Waals surface area contributed by atoms with Crippen LogP contribution in [0.3, 0.4) is 0 Å². The summed E-state index contributed by atoms with van der Waals surface area (Å²) in [7, 11) is 7.03. The van der Waals surface area contributed by atoms with E-state index in [1.165, 1.54) is 5.56 Å². The van der Waals surface area contributed by atoms with Gasteiger partial charge in [-0.05, 0) is 31.2 Å². The fourth-order valence-electron chi connectivity index (χ4n) is 1.64. The molecule has 0 unspecified atom stereocenters. The Kier molecular flexibility index (Phi) is 5.80. The fourth-order valence-corrected chi connectivity index (χ4v) is 1.64. The monoisotopic (exact) mass is 239 g/mol. The van der Waals surface area contributed by atoms with Crippen LogP contribution in [0.5, 0.6) is 11.5 Å². The van der Waals surface area contributed by atoms with Crippen LogP contribution in [0.15, 0.2) is 18.2 Å². The molecule has 1 aromatic rings. The van der Waals surface area contributed by atoms with Crippen LogP contribution in [0.1, 0.15) is 5.56 Å². The number of rotatable bonds is 7. The molecule has 0 fully saturated rings. The van der Waals surface area contributed by atoms with E-state index in [0.29, 0.717) is 6.73 Å². The summed E-state index contributed by atoms with van der Waals surface area (Å²) < 4.78 is 15.5. The third-order valence-corrected chi connectivity index (χ3v) is 2.58. The van der Waals surface area contributed by atoms with Crippen LogP contribution in [0.4, 0.5) is 0 Å². The quantitative estimate of drug-likeness (QED) is 0.679. The molecule has 0 heterocycles. The number of methoxy groups -OCH3 is 3. The first kappa shape index (κ1) is 13.8. The van der Waals surface area contributed by atoms with E-state index in [4.69, 9.17) is 14.2 Å². The lowest BCUT2D eigenvalue weighted by atomic mass is 10.1. The van der Waals surface area contributed by atoms with Crippen molar-refractivity contribution in [2.24, 2.45) is 0 Å². The minimum Gasteiger partial charge on any atom is -0.493 e. The Balaban J connectivity index is 2.60. The Hall–Kier alpha value is -1.26. The summed E-state index contributed by atoms with van der Waals surface area (Å²) in [5.41, 5.74) is 1.23. The number of ether oxygens (including phenoxy) is 3. The molecule has 96 valence electrons. The maximum Gasteiger partial charge on any atom is 0.160 e. The van der Waals surface area contributed by atoms with Gasteiger partial charge in [-0.15, -0.1) is 0 Å². The van der Waals surface area contributed by atoms with Crippen LogP contribution in [0.25, 0.3) is 0 Å². The molecule has 0 saturated carbocycles. The first-order chi connectivity index (χ1) is 8.21. The lowest BCUT2D eigenvalue weighted by Crippen LogP contribution is -2.23. The van der Waals surface area contributed by atoms with Gasteiger partial charge in [-0.25, -0.2) is 0 Å². The van der Waals surface area contributed by atoms with E-state index in [-0.39, 0.29) is 0 Å². The fraction of sp³-hybridized carbons (Fsp3) is 0.538. The van der Waals surface area contributed by atoms with Crippen LogP contribution in [0.2, 0.25) is 0 Å². The molecule has 1 rings (SSSR count). The van der Waals surface area contributed by atoms with Gasteiger partial charge in [-0.2, -0.15) is 0 Å². The average molecular weight is 239 g/mol. The molecular formula is C13H21NO3. The van der Waals surface area contributed by atoms with E-state index >= 15 is 0 Å². The number of benzene rings is 1. The van der Waals surface area contributed by atoms with Crippen molar-refractivity contribution in [1.82, 2.24) is 4.90 Å². The Morgan fingerprint density at radius 3 is 2.35 bits per heavy atom. The van der Waals surface area contributed by atoms with Gasteiger partial charge in [0.15, 0.2) is 11.5 Å². The maximum absolute atomic E-state index is 5.27. The van der Waals surface area contributed by atoms with Gasteiger partial charge in [0.05, 0.1) is 21.0 Å². The summed E-state index contributed by atoms with van der Waals surface area (Å²) in [6.45, 7) is 1.59. The summed E-state index contributed by atoms with van der Waals surface area (Å²) in [6.07, 6.45) is 0.959. The van der Waals surface area contributed by atoms with Gasteiger partial charge in [-0.1, -0.05) is 6.07 Å². The molecule has 17 heavy (non-hydrogen) atoms. The van der Waals surface area contributed by atoms with Gasteiger partial charge in [0, 0.05) is 13.7 Å². The van der Waals surface area contributed by atoms with Gasteiger partial charge >= 0.3 is 0 Å². The van der Waals surface area contributed by atoms with Gasteiger partial charge < -0.3 is 14.2 Å². The zero-order chi connectivity index (χ0) is 12.7. The van der Waals surface area contributed by atoms with Crippen molar-refractivity contribution in [3.8, 4) is 11.5 Å². The molecule has 0 bridgehead atoms. The summed E-state index contributed by atoms with van der Waals surface area (Å²) in [5.74, 6) is 1.54. The van der Waals surface area contributed by atoms with E-state index in [9.17, 15) is 0 Å². The second-order valence-corrected chi connectivity index (χ2v) is 3.94. The molecule has 0 saturated heterocycles. The number of likely N-dealkylation sites (N-methyl/N-ethyl adjacent to an activating group) is 1. The third kappa shape index (κ3) is 4.24. The van der Waals surface area contributed by atoms with Crippen molar-refractivity contribution < 1.29 is 14.2 Å². The SMILES string of the molecule is COCN(C)CCc1ccc(OC)c(OC)c1. The van der Waals surface area contributed by atoms with E-state index in [1.807, 2.05) is 19.2 Å². The van der Waals surface area contributed by atoms with Crippen molar-refractivity contribution in [2.75, 3.05) is 41.7 Å². The van der Waals surface area contributed by atoms with Crippen molar-refractivity contribution in [3.63, 3.8) is 0 Å². The van der Waals surface area contributed by atoms with E-state index < -0.39 is 0 Å². The van der Waals surface area contributed by atoms with Crippen LogP contribution in [0, 0.1) is 0 Å². The van der Waals surface area contributed by atoms with E-state index in [0.717, 1.165) is 24.5 Å². The molecule has 0 radical (unpaired) electrons. The maximum atomic E-state index is 5.27. The lowest BCUT2D eigenvalue weighted by Gasteiger charge is -2.15. The summed E-state index contributed by atoms with van der Waals surface area (Å²) in [4.78, 5) is 2.12. The molecule has 0 amide bonds. The number of hydrogen-bond donors (Lipinski definition) is 0. The summed E-state index contributed by atoms with van der Waals surface area (Å²) in [6, 6.07) is 6.01. The third-order valence-electron chi connectivity index (χ3n) is 2.58. The molecule has 0 atom stereocenters. The van der Waals surface area contributed by atoms with Crippen molar-refractivity contribution in [1.29, 1.82) is 0 Å². The Morgan fingerprint density at radius 1 is 1.06 bits per heavy atom. The minimum absolute atomic E-state index is 0.646. The molecule has 4 nitrogen and oxygen atoms in total. The molecule has 0 aromatic heterocycles. The first-order valence-electron chi connectivity index (χ1n) is 5.59. The minimum atomic E-state index is 0.646. The molecule has 4 heteroatoms.